The summed E-state index contributed by atoms with van der Waals surface area (Å²) in [6.45, 7) is 1.72. The molecule has 0 heterocycles. The number of carbonyl (C=O) groups is 1. The minimum absolute atomic E-state index is 0.202. The topological polar surface area (TPSA) is 66.5 Å². The molecule has 1 amide bonds. The van der Waals surface area contributed by atoms with Crippen LogP contribution in [0.5, 0.6) is 0 Å². The minimum Gasteiger partial charge on any atom is -0.323 e. The van der Waals surface area contributed by atoms with Crippen molar-refractivity contribution in [3.8, 4) is 0 Å². The first-order valence-corrected chi connectivity index (χ1v) is 10.6. The number of para-hydroxylation sites is 1. The second kappa shape index (κ2) is 8.48. The number of carbonyl (C=O) groups excluding carboxylic acids is 1. The van der Waals surface area contributed by atoms with Crippen molar-refractivity contribution in [1.29, 1.82) is 0 Å². The standard InChI is InChI=1S/C17H17Cl3N2O3S/c1-3-16(22(26(2,24)25)11-7-5-4-6-8-11)17(23)21-15-10-13(19)12(18)9-14(15)20/h4-10,16H,3H2,1-2H3,(H,21,23)/t16-/m0/s1. The van der Waals surface area contributed by atoms with E-state index >= 15 is 0 Å². The van der Waals surface area contributed by atoms with Crippen LogP contribution in [-0.4, -0.2) is 26.6 Å². The molecule has 0 bridgehead atoms. The van der Waals surface area contributed by atoms with Crippen molar-refractivity contribution in [3.05, 3.63) is 57.5 Å². The molecule has 5 nitrogen and oxygen atoms in total. The summed E-state index contributed by atoms with van der Waals surface area (Å²) >= 11 is 17.9. The first-order valence-electron chi connectivity index (χ1n) is 7.65. The van der Waals surface area contributed by atoms with Gasteiger partial charge in [0.05, 0.1) is 32.7 Å². The molecule has 0 unspecified atom stereocenters. The molecule has 0 saturated carbocycles. The van der Waals surface area contributed by atoms with Crippen molar-refractivity contribution in [2.75, 3.05) is 15.9 Å². The number of benzene rings is 2. The maximum Gasteiger partial charge on any atom is 0.248 e. The molecule has 0 radical (unpaired) electrons. The van der Waals surface area contributed by atoms with Gasteiger partial charge in [-0.2, -0.15) is 0 Å². The van der Waals surface area contributed by atoms with Crippen LogP contribution in [0.15, 0.2) is 42.5 Å². The van der Waals surface area contributed by atoms with E-state index in [0.29, 0.717) is 5.69 Å². The lowest BCUT2D eigenvalue weighted by Crippen LogP contribution is -2.47. The largest absolute Gasteiger partial charge is 0.323 e. The van der Waals surface area contributed by atoms with Gasteiger partial charge < -0.3 is 5.32 Å². The predicted octanol–water partition coefficient (Wildman–Crippen LogP) is 4.83. The second-order valence-electron chi connectivity index (χ2n) is 5.55. The highest BCUT2D eigenvalue weighted by Gasteiger charge is 2.31. The highest BCUT2D eigenvalue weighted by Crippen LogP contribution is 2.33. The third-order valence-corrected chi connectivity index (χ3v) is 5.82. The SMILES string of the molecule is CC[C@@H](C(=O)Nc1cc(Cl)c(Cl)cc1Cl)N(c1ccccc1)S(C)(=O)=O. The van der Waals surface area contributed by atoms with Crippen LogP contribution >= 0.6 is 34.8 Å². The van der Waals surface area contributed by atoms with Gasteiger partial charge in [-0.1, -0.05) is 59.9 Å². The Morgan fingerprint density at radius 3 is 2.19 bits per heavy atom. The Labute approximate surface area is 167 Å². The first-order chi connectivity index (χ1) is 12.1. The van der Waals surface area contributed by atoms with Gasteiger partial charge in [0.15, 0.2) is 0 Å². The summed E-state index contributed by atoms with van der Waals surface area (Å²) in [4.78, 5) is 12.8. The number of sulfonamides is 1. The lowest BCUT2D eigenvalue weighted by Gasteiger charge is -2.30. The third-order valence-electron chi connectivity index (χ3n) is 3.61. The number of hydrogen-bond acceptors (Lipinski definition) is 3. The van der Waals surface area contributed by atoms with Crippen LogP contribution in [-0.2, 0) is 14.8 Å². The van der Waals surface area contributed by atoms with Crippen LogP contribution in [0, 0.1) is 0 Å². The van der Waals surface area contributed by atoms with Crippen LogP contribution in [0.25, 0.3) is 0 Å². The number of amides is 1. The summed E-state index contributed by atoms with van der Waals surface area (Å²) in [5.74, 6) is -0.526. The van der Waals surface area contributed by atoms with E-state index in [1.807, 2.05) is 0 Å². The van der Waals surface area contributed by atoms with Gasteiger partial charge in [-0.15, -0.1) is 0 Å². The van der Waals surface area contributed by atoms with Gasteiger partial charge in [-0.25, -0.2) is 8.42 Å². The maximum atomic E-state index is 12.8. The van der Waals surface area contributed by atoms with Crippen molar-refractivity contribution in [2.24, 2.45) is 0 Å². The predicted molar refractivity (Wildman–Crippen MR) is 108 cm³/mol. The van der Waals surface area contributed by atoms with Crippen molar-refractivity contribution in [2.45, 2.75) is 19.4 Å². The van der Waals surface area contributed by atoms with Gasteiger partial charge >= 0.3 is 0 Å². The molecule has 2 aromatic carbocycles. The van der Waals surface area contributed by atoms with Crippen molar-refractivity contribution >= 4 is 62.1 Å². The molecule has 0 fully saturated rings. The molecule has 0 saturated heterocycles. The molecule has 140 valence electrons. The van der Waals surface area contributed by atoms with Crippen LogP contribution < -0.4 is 9.62 Å². The third kappa shape index (κ3) is 4.82. The molecule has 0 aromatic heterocycles. The Morgan fingerprint density at radius 1 is 1.08 bits per heavy atom. The van der Waals surface area contributed by atoms with E-state index in [4.69, 9.17) is 34.8 Å². The number of nitrogens with zero attached hydrogens (tertiary/aromatic N) is 1. The number of rotatable bonds is 6. The smallest absolute Gasteiger partial charge is 0.248 e. The molecule has 0 spiro atoms. The van der Waals surface area contributed by atoms with Gasteiger partial charge in [-0.05, 0) is 30.7 Å². The van der Waals surface area contributed by atoms with E-state index < -0.39 is 22.0 Å². The average molecular weight is 436 g/mol. The summed E-state index contributed by atoms with van der Waals surface area (Å²) in [7, 11) is -3.70. The Balaban J connectivity index is 2.39. The summed E-state index contributed by atoms with van der Waals surface area (Å²) in [5.41, 5.74) is 0.656. The quantitative estimate of drug-likeness (QED) is 0.661. The van der Waals surface area contributed by atoms with Gasteiger partial charge in [0, 0.05) is 0 Å². The van der Waals surface area contributed by atoms with E-state index in [0.717, 1.165) is 10.6 Å². The fraction of sp³-hybridized carbons (Fsp3) is 0.235. The Morgan fingerprint density at radius 2 is 1.65 bits per heavy atom. The molecule has 1 atom stereocenters. The zero-order valence-corrected chi connectivity index (χ0v) is 17.1. The molecule has 1 N–H and O–H groups in total. The highest BCUT2D eigenvalue weighted by molar-refractivity contribution is 7.92. The van der Waals surface area contributed by atoms with Crippen LogP contribution in [0.4, 0.5) is 11.4 Å². The maximum absolute atomic E-state index is 12.8. The molecule has 0 aliphatic heterocycles. The fourth-order valence-corrected chi connectivity index (χ4v) is 4.28. The van der Waals surface area contributed by atoms with Crippen molar-refractivity contribution < 1.29 is 13.2 Å². The Hall–Kier alpha value is -1.47. The summed E-state index contributed by atoms with van der Waals surface area (Å²) < 4.78 is 25.8. The van der Waals surface area contributed by atoms with E-state index in [-0.39, 0.29) is 27.2 Å². The molecule has 0 aliphatic rings. The number of halogens is 3. The monoisotopic (exact) mass is 434 g/mol. The molecule has 2 rings (SSSR count). The molecule has 26 heavy (non-hydrogen) atoms. The Bertz CT molecular complexity index is 905. The fourth-order valence-electron chi connectivity index (χ4n) is 2.47. The van der Waals surface area contributed by atoms with E-state index in [2.05, 4.69) is 5.32 Å². The number of hydrogen-bond donors (Lipinski definition) is 1. The molecular formula is C17H17Cl3N2O3S. The molecule has 0 aliphatic carbocycles. The lowest BCUT2D eigenvalue weighted by molar-refractivity contribution is -0.117. The Kier molecular flexibility index (Phi) is 6.80. The van der Waals surface area contributed by atoms with E-state index in [1.165, 1.54) is 12.1 Å². The summed E-state index contributed by atoms with van der Waals surface area (Å²) in [6.07, 6.45) is 1.31. The van der Waals surface area contributed by atoms with E-state index in [9.17, 15) is 13.2 Å². The number of nitrogens with one attached hydrogen (secondary N) is 1. The van der Waals surface area contributed by atoms with Crippen molar-refractivity contribution in [1.82, 2.24) is 0 Å². The van der Waals surface area contributed by atoms with Crippen LogP contribution in [0.1, 0.15) is 13.3 Å². The molecule has 9 heteroatoms. The highest BCUT2D eigenvalue weighted by atomic mass is 35.5. The zero-order chi connectivity index (χ0) is 19.5. The molecular weight excluding hydrogens is 419 g/mol. The van der Waals surface area contributed by atoms with Gasteiger partial charge in [0.1, 0.15) is 6.04 Å². The normalized spacial score (nSPS) is 12.5. The van der Waals surface area contributed by atoms with Crippen LogP contribution in [0.2, 0.25) is 15.1 Å². The average Bonchev–Trinajstić information content (AvgIpc) is 2.56. The minimum atomic E-state index is -3.70. The van der Waals surface area contributed by atoms with Crippen molar-refractivity contribution in [3.63, 3.8) is 0 Å². The number of anilines is 2. The zero-order valence-electron chi connectivity index (χ0n) is 14.0. The van der Waals surface area contributed by atoms with Gasteiger partial charge in [0.2, 0.25) is 15.9 Å². The van der Waals surface area contributed by atoms with E-state index in [1.54, 1.807) is 37.3 Å². The van der Waals surface area contributed by atoms with Gasteiger partial charge in [-0.3, -0.25) is 9.10 Å². The van der Waals surface area contributed by atoms with Crippen LogP contribution in [0.3, 0.4) is 0 Å². The summed E-state index contributed by atoms with van der Waals surface area (Å²) in [5, 5.41) is 3.31. The molecule has 2 aromatic rings. The lowest BCUT2D eigenvalue weighted by atomic mass is 10.2. The van der Waals surface area contributed by atoms with Gasteiger partial charge in [0.25, 0.3) is 0 Å². The first kappa shape index (κ1) is 20.8. The summed E-state index contributed by atoms with van der Waals surface area (Å²) in [6, 6.07) is 10.3. The second-order valence-corrected chi connectivity index (χ2v) is 8.63.